The van der Waals surface area contributed by atoms with Crippen molar-refractivity contribution >= 4 is 7.69 Å². The summed E-state index contributed by atoms with van der Waals surface area (Å²) in [6, 6.07) is 19.8. The third-order valence-corrected chi connectivity index (χ3v) is 2.64. The third-order valence-electron chi connectivity index (χ3n) is 2.64. The SMILES string of the molecule is OBO.c1ccc(-c2ncnc(-c3ccccc3)n2)cc1. The Hall–Kier alpha value is -2.57. The van der Waals surface area contributed by atoms with Crippen molar-refractivity contribution < 1.29 is 10.0 Å². The maximum Gasteiger partial charge on any atom is 0.432 e. The molecule has 0 amide bonds. The van der Waals surface area contributed by atoms with Crippen molar-refractivity contribution in [2.24, 2.45) is 0 Å². The second-order valence-corrected chi connectivity index (χ2v) is 4.01. The van der Waals surface area contributed by atoms with E-state index in [1.54, 1.807) is 6.33 Å². The van der Waals surface area contributed by atoms with Crippen LogP contribution >= 0.6 is 0 Å². The normalized spacial score (nSPS) is 9.43. The Balaban J connectivity index is 0.000000497. The molecule has 0 bridgehead atoms. The maximum absolute atomic E-state index is 7.12. The van der Waals surface area contributed by atoms with Crippen molar-refractivity contribution in [3.05, 3.63) is 67.0 Å². The van der Waals surface area contributed by atoms with Gasteiger partial charge in [-0.25, -0.2) is 15.0 Å². The first kappa shape index (κ1) is 14.8. The lowest BCUT2D eigenvalue weighted by Crippen LogP contribution is -1.94. The van der Waals surface area contributed by atoms with Crippen molar-refractivity contribution in [3.8, 4) is 22.8 Å². The maximum atomic E-state index is 7.12. The van der Waals surface area contributed by atoms with E-state index < -0.39 is 7.69 Å². The Labute approximate surface area is 123 Å². The standard InChI is InChI=1S/C15H11N3.BH3O2/c1-3-7-12(8-4-1)14-16-11-17-15(18-14)13-9-5-2-6-10-13;2-1-3/h1-11H;1-3H. The molecule has 104 valence electrons. The molecule has 3 aromatic rings. The Kier molecular flexibility index (Phi) is 5.57. The summed E-state index contributed by atoms with van der Waals surface area (Å²) >= 11 is 0. The Morgan fingerprint density at radius 1 is 0.667 bits per heavy atom. The first-order valence-corrected chi connectivity index (χ1v) is 6.36. The van der Waals surface area contributed by atoms with Crippen LogP contribution in [0.1, 0.15) is 0 Å². The minimum absolute atomic E-state index is 0.699. The molecule has 2 N–H and O–H groups in total. The van der Waals surface area contributed by atoms with Crippen LogP contribution in [0.3, 0.4) is 0 Å². The van der Waals surface area contributed by atoms with Crippen LogP contribution < -0.4 is 0 Å². The quantitative estimate of drug-likeness (QED) is 0.694. The van der Waals surface area contributed by atoms with E-state index in [4.69, 9.17) is 10.0 Å². The summed E-state index contributed by atoms with van der Waals surface area (Å²) in [5.74, 6) is 1.40. The minimum atomic E-state index is -0.750. The van der Waals surface area contributed by atoms with Crippen molar-refractivity contribution in [1.82, 2.24) is 15.0 Å². The van der Waals surface area contributed by atoms with Crippen molar-refractivity contribution in [3.63, 3.8) is 0 Å². The lowest BCUT2D eigenvalue weighted by Gasteiger charge is -2.02. The van der Waals surface area contributed by atoms with E-state index in [9.17, 15) is 0 Å². The Bertz CT molecular complexity index is 611. The summed E-state index contributed by atoms with van der Waals surface area (Å²) in [7, 11) is -0.750. The van der Waals surface area contributed by atoms with E-state index in [1.165, 1.54) is 0 Å². The molecule has 21 heavy (non-hydrogen) atoms. The van der Waals surface area contributed by atoms with Crippen LogP contribution in [0.15, 0.2) is 67.0 Å². The fourth-order valence-corrected chi connectivity index (χ4v) is 1.75. The topological polar surface area (TPSA) is 79.1 Å². The molecule has 6 heteroatoms. The number of rotatable bonds is 2. The zero-order valence-corrected chi connectivity index (χ0v) is 11.3. The van der Waals surface area contributed by atoms with Gasteiger partial charge in [0.25, 0.3) is 0 Å². The third kappa shape index (κ3) is 4.20. The number of nitrogens with zero attached hydrogens (tertiary/aromatic N) is 3. The number of benzene rings is 2. The monoisotopic (exact) mass is 279 g/mol. The van der Waals surface area contributed by atoms with Gasteiger partial charge < -0.3 is 10.0 Å². The molecule has 5 nitrogen and oxygen atoms in total. The number of aromatic nitrogens is 3. The fraction of sp³-hybridized carbons (Fsp3) is 0. The molecule has 0 aliphatic heterocycles. The summed E-state index contributed by atoms with van der Waals surface area (Å²) in [5.41, 5.74) is 1.99. The smallest absolute Gasteiger partial charge is 0.430 e. The van der Waals surface area contributed by atoms with E-state index in [0.29, 0.717) is 11.6 Å². The van der Waals surface area contributed by atoms with Gasteiger partial charge in [0, 0.05) is 11.1 Å². The zero-order chi connectivity index (χ0) is 14.9. The highest BCUT2D eigenvalue weighted by Gasteiger charge is 2.04. The summed E-state index contributed by atoms with van der Waals surface area (Å²) in [5, 5.41) is 14.2. The summed E-state index contributed by atoms with van der Waals surface area (Å²) < 4.78 is 0. The van der Waals surface area contributed by atoms with Gasteiger partial charge in [-0.05, 0) is 0 Å². The second-order valence-electron chi connectivity index (χ2n) is 4.01. The summed E-state index contributed by atoms with van der Waals surface area (Å²) in [6.45, 7) is 0. The summed E-state index contributed by atoms with van der Waals surface area (Å²) in [6.07, 6.45) is 1.55. The molecule has 0 fully saturated rings. The first-order chi connectivity index (χ1) is 10.3. The molecule has 0 saturated carbocycles. The molecule has 3 rings (SSSR count). The average Bonchev–Trinajstić information content (AvgIpc) is 2.57. The van der Waals surface area contributed by atoms with Gasteiger partial charge in [-0.1, -0.05) is 60.7 Å². The molecule has 1 aromatic heterocycles. The van der Waals surface area contributed by atoms with Gasteiger partial charge in [-0.2, -0.15) is 0 Å². The fourth-order valence-electron chi connectivity index (χ4n) is 1.75. The molecule has 2 aromatic carbocycles. The highest BCUT2D eigenvalue weighted by Crippen LogP contribution is 2.18. The van der Waals surface area contributed by atoms with Crippen molar-refractivity contribution in [2.45, 2.75) is 0 Å². The minimum Gasteiger partial charge on any atom is -0.430 e. The highest BCUT2D eigenvalue weighted by molar-refractivity contribution is 6.13. The molecule has 0 atom stereocenters. The van der Waals surface area contributed by atoms with Crippen LogP contribution in [0.25, 0.3) is 22.8 Å². The number of hydrogen-bond acceptors (Lipinski definition) is 5. The van der Waals surface area contributed by atoms with E-state index in [0.717, 1.165) is 11.1 Å². The molecule has 0 unspecified atom stereocenters. The van der Waals surface area contributed by atoms with E-state index >= 15 is 0 Å². The largest absolute Gasteiger partial charge is 0.432 e. The molecular formula is C15H14BN3O2. The van der Waals surface area contributed by atoms with Gasteiger partial charge >= 0.3 is 7.69 Å². The molecule has 0 saturated heterocycles. The van der Waals surface area contributed by atoms with Gasteiger partial charge in [-0.3, -0.25) is 0 Å². The Morgan fingerprint density at radius 2 is 1.05 bits per heavy atom. The van der Waals surface area contributed by atoms with E-state index in [1.807, 2.05) is 60.7 Å². The summed E-state index contributed by atoms with van der Waals surface area (Å²) in [4.78, 5) is 12.9. The predicted octanol–water partition coefficient (Wildman–Crippen LogP) is 1.44. The molecule has 0 radical (unpaired) electrons. The van der Waals surface area contributed by atoms with Crippen LogP contribution in [-0.2, 0) is 0 Å². The first-order valence-electron chi connectivity index (χ1n) is 6.36. The molecule has 0 aliphatic carbocycles. The van der Waals surface area contributed by atoms with Gasteiger partial charge in [0.05, 0.1) is 0 Å². The molecular weight excluding hydrogens is 265 g/mol. The molecule has 0 spiro atoms. The van der Waals surface area contributed by atoms with Gasteiger partial charge in [0.15, 0.2) is 11.6 Å². The van der Waals surface area contributed by atoms with Gasteiger partial charge in [-0.15, -0.1) is 0 Å². The average molecular weight is 279 g/mol. The molecule has 0 aliphatic rings. The van der Waals surface area contributed by atoms with Gasteiger partial charge in [0.1, 0.15) is 6.33 Å². The van der Waals surface area contributed by atoms with Crippen LogP contribution in [0.4, 0.5) is 0 Å². The predicted molar refractivity (Wildman–Crippen MR) is 82.3 cm³/mol. The molecule has 1 heterocycles. The zero-order valence-electron chi connectivity index (χ0n) is 11.3. The van der Waals surface area contributed by atoms with Crippen LogP contribution in [-0.4, -0.2) is 32.7 Å². The lowest BCUT2D eigenvalue weighted by molar-refractivity contribution is 0.448. The number of hydrogen-bond donors (Lipinski definition) is 2. The van der Waals surface area contributed by atoms with Gasteiger partial charge in [0.2, 0.25) is 0 Å². The lowest BCUT2D eigenvalue weighted by atomic mass is 10.2. The van der Waals surface area contributed by atoms with Crippen LogP contribution in [0, 0.1) is 0 Å². The van der Waals surface area contributed by atoms with Crippen LogP contribution in [0.5, 0.6) is 0 Å². The Morgan fingerprint density at radius 3 is 1.43 bits per heavy atom. The van der Waals surface area contributed by atoms with Crippen molar-refractivity contribution in [1.29, 1.82) is 0 Å². The van der Waals surface area contributed by atoms with E-state index in [-0.39, 0.29) is 0 Å². The van der Waals surface area contributed by atoms with Crippen molar-refractivity contribution in [2.75, 3.05) is 0 Å². The van der Waals surface area contributed by atoms with E-state index in [2.05, 4.69) is 15.0 Å². The highest BCUT2D eigenvalue weighted by atomic mass is 16.4. The second kappa shape index (κ2) is 7.89. The van der Waals surface area contributed by atoms with Crippen LogP contribution in [0.2, 0.25) is 0 Å².